The van der Waals surface area contributed by atoms with Crippen LogP contribution in [0.25, 0.3) is 0 Å². The van der Waals surface area contributed by atoms with Gasteiger partial charge in [0, 0.05) is 37.6 Å². The van der Waals surface area contributed by atoms with Gasteiger partial charge in [-0.3, -0.25) is 9.59 Å². The first kappa shape index (κ1) is 12.3. The van der Waals surface area contributed by atoms with Crippen molar-refractivity contribution in [3.8, 4) is 6.07 Å². The summed E-state index contributed by atoms with van der Waals surface area (Å²) in [6, 6.07) is 2.93. The fourth-order valence-corrected chi connectivity index (χ4v) is 1.96. The quantitative estimate of drug-likeness (QED) is 0.707. The highest BCUT2D eigenvalue weighted by Crippen LogP contribution is 2.07. The molecule has 94 valence electrons. The van der Waals surface area contributed by atoms with Crippen LogP contribution in [0.5, 0.6) is 0 Å². The Morgan fingerprint density at radius 3 is 3.06 bits per heavy atom. The van der Waals surface area contributed by atoms with E-state index in [9.17, 15) is 9.59 Å². The highest BCUT2D eigenvalue weighted by atomic mass is 16.2. The molecule has 0 aromatic carbocycles. The Kier molecular flexibility index (Phi) is 3.44. The third-order valence-corrected chi connectivity index (χ3v) is 2.94. The van der Waals surface area contributed by atoms with Crippen LogP contribution in [0, 0.1) is 18.3 Å². The Bertz CT molecular complexity index is 558. The number of piperazine rings is 1. The molecule has 18 heavy (non-hydrogen) atoms. The van der Waals surface area contributed by atoms with Crippen molar-refractivity contribution in [3.63, 3.8) is 0 Å². The summed E-state index contributed by atoms with van der Waals surface area (Å²) < 4.78 is 0. The molecule has 6 heteroatoms. The Hall–Kier alpha value is -2.13. The molecule has 1 amide bonds. The van der Waals surface area contributed by atoms with Crippen LogP contribution in [0.2, 0.25) is 0 Å². The summed E-state index contributed by atoms with van der Waals surface area (Å²) in [5, 5.41) is 12.0. The second-order valence-corrected chi connectivity index (χ2v) is 4.24. The number of nitriles is 1. The molecule has 0 radical (unpaired) electrons. The Morgan fingerprint density at radius 1 is 1.61 bits per heavy atom. The molecule has 1 aromatic rings. The fraction of sp³-hybridized carbons (Fsp3) is 0.417. The largest absolute Gasteiger partial charge is 0.364 e. The van der Waals surface area contributed by atoms with E-state index in [1.807, 2.05) is 0 Å². The van der Waals surface area contributed by atoms with Gasteiger partial charge in [0.2, 0.25) is 0 Å². The molecule has 1 atom stereocenters. The van der Waals surface area contributed by atoms with Crippen LogP contribution in [0.4, 0.5) is 0 Å². The van der Waals surface area contributed by atoms with Gasteiger partial charge in [0.05, 0.1) is 6.07 Å². The van der Waals surface area contributed by atoms with E-state index in [4.69, 9.17) is 5.26 Å². The second kappa shape index (κ2) is 5.02. The van der Waals surface area contributed by atoms with Gasteiger partial charge in [-0.25, -0.2) is 0 Å². The molecule has 1 aromatic heterocycles. The van der Waals surface area contributed by atoms with Crippen LogP contribution in [0.3, 0.4) is 0 Å². The molecule has 2 N–H and O–H groups in total. The van der Waals surface area contributed by atoms with Crippen molar-refractivity contribution in [2.24, 2.45) is 0 Å². The molecule has 2 heterocycles. The summed E-state index contributed by atoms with van der Waals surface area (Å²) in [7, 11) is 0. The summed E-state index contributed by atoms with van der Waals surface area (Å²) in [5.41, 5.74) is 0.475. The molecule has 0 saturated carbocycles. The van der Waals surface area contributed by atoms with Gasteiger partial charge in [-0.2, -0.15) is 5.26 Å². The number of hydrogen-bond acceptors (Lipinski definition) is 4. The topological polar surface area (TPSA) is 89.0 Å². The van der Waals surface area contributed by atoms with Gasteiger partial charge in [0.25, 0.3) is 5.91 Å². The zero-order valence-electron chi connectivity index (χ0n) is 10.1. The van der Waals surface area contributed by atoms with Gasteiger partial charge in [0.15, 0.2) is 5.43 Å². The van der Waals surface area contributed by atoms with Gasteiger partial charge in [-0.15, -0.1) is 0 Å². The number of aryl methyl sites for hydroxylation is 1. The number of nitrogens with one attached hydrogen (secondary N) is 2. The van der Waals surface area contributed by atoms with E-state index in [2.05, 4.69) is 16.4 Å². The molecule has 1 fully saturated rings. The number of carbonyl (C=O) groups is 1. The number of amides is 1. The highest BCUT2D eigenvalue weighted by molar-refractivity contribution is 5.94. The van der Waals surface area contributed by atoms with Gasteiger partial charge < -0.3 is 15.2 Å². The van der Waals surface area contributed by atoms with Crippen LogP contribution in [-0.2, 0) is 0 Å². The summed E-state index contributed by atoms with van der Waals surface area (Å²) in [6.45, 7) is 3.25. The first-order valence-corrected chi connectivity index (χ1v) is 5.74. The number of nitrogens with zero attached hydrogens (tertiary/aromatic N) is 2. The molecule has 2 rings (SSSR count). The van der Waals surface area contributed by atoms with Crippen LogP contribution < -0.4 is 10.7 Å². The molecule has 1 unspecified atom stereocenters. The van der Waals surface area contributed by atoms with Crippen LogP contribution >= 0.6 is 0 Å². The molecular formula is C12H14N4O2. The Morgan fingerprint density at radius 2 is 2.39 bits per heavy atom. The summed E-state index contributed by atoms with van der Waals surface area (Å²) in [5.74, 6) is -0.385. The predicted octanol–water partition coefficient (Wildman–Crippen LogP) is -0.379. The standard InChI is InChI=1S/C12H14N4O2/c1-8-4-11(17)10(7-15-8)12(18)16-3-2-14-6-9(16)5-13/h4,7,9,14H,2-3,6H2,1H3,(H,15,17). The summed E-state index contributed by atoms with van der Waals surface area (Å²) in [6.07, 6.45) is 1.41. The summed E-state index contributed by atoms with van der Waals surface area (Å²) >= 11 is 0. The van der Waals surface area contributed by atoms with Crippen molar-refractivity contribution in [1.29, 1.82) is 5.26 Å². The number of pyridine rings is 1. The van der Waals surface area contributed by atoms with E-state index in [0.717, 1.165) is 0 Å². The lowest BCUT2D eigenvalue weighted by Crippen LogP contribution is -2.53. The number of aromatic amines is 1. The number of carbonyl (C=O) groups excluding carboxylic acids is 1. The second-order valence-electron chi connectivity index (χ2n) is 4.24. The van der Waals surface area contributed by atoms with Crippen molar-refractivity contribution in [2.45, 2.75) is 13.0 Å². The van der Waals surface area contributed by atoms with Crippen molar-refractivity contribution in [1.82, 2.24) is 15.2 Å². The van der Waals surface area contributed by atoms with Gasteiger partial charge in [-0.05, 0) is 6.92 Å². The molecule has 6 nitrogen and oxygen atoms in total. The Balaban J connectivity index is 2.30. The molecular weight excluding hydrogens is 232 g/mol. The lowest BCUT2D eigenvalue weighted by Gasteiger charge is -2.31. The van der Waals surface area contributed by atoms with E-state index in [1.54, 1.807) is 6.92 Å². The van der Waals surface area contributed by atoms with Crippen LogP contribution in [0.1, 0.15) is 16.1 Å². The minimum Gasteiger partial charge on any atom is -0.364 e. The molecule has 0 bridgehead atoms. The van der Waals surface area contributed by atoms with Crippen molar-refractivity contribution < 1.29 is 4.79 Å². The van der Waals surface area contributed by atoms with Crippen LogP contribution in [0.15, 0.2) is 17.1 Å². The maximum Gasteiger partial charge on any atom is 0.260 e. The highest BCUT2D eigenvalue weighted by Gasteiger charge is 2.28. The van der Waals surface area contributed by atoms with Gasteiger partial charge >= 0.3 is 0 Å². The smallest absolute Gasteiger partial charge is 0.260 e. The molecule has 1 aliphatic rings. The first-order valence-electron chi connectivity index (χ1n) is 5.74. The van der Waals surface area contributed by atoms with Crippen LogP contribution in [-0.4, -0.2) is 41.5 Å². The molecule has 0 aliphatic carbocycles. The zero-order chi connectivity index (χ0) is 13.1. The third kappa shape index (κ3) is 2.26. The predicted molar refractivity (Wildman–Crippen MR) is 65.1 cm³/mol. The zero-order valence-corrected chi connectivity index (χ0v) is 10.1. The van der Waals surface area contributed by atoms with E-state index < -0.39 is 6.04 Å². The van der Waals surface area contributed by atoms with Crippen molar-refractivity contribution in [3.05, 3.63) is 33.7 Å². The number of hydrogen-bond donors (Lipinski definition) is 2. The van der Waals surface area contributed by atoms with Gasteiger partial charge in [-0.1, -0.05) is 0 Å². The monoisotopic (exact) mass is 246 g/mol. The first-order chi connectivity index (χ1) is 8.63. The fourth-order valence-electron chi connectivity index (χ4n) is 1.96. The minimum absolute atomic E-state index is 0.0859. The van der Waals surface area contributed by atoms with E-state index >= 15 is 0 Å². The van der Waals surface area contributed by atoms with E-state index in [0.29, 0.717) is 25.3 Å². The molecule has 1 saturated heterocycles. The van der Waals surface area contributed by atoms with E-state index in [1.165, 1.54) is 17.2 Å². The minimum atomic E-state index is -0.521. The lowest BCUT2D eigenvalue weighted by atomic mass is 10.1. The van der Waals surface area contributed by atoms with Crippen molar-refractivity contribution >= 4 is 5.91 Å². The normalized spacial score (nSPS) is 19.3. The number of H-pyrrole nitrogens is 1. The SMILES string of the molecule is Cc1cc(=O)c(C(=O)N2CCNCC2C#N)c[nH]1. The summed E-state index contributed by atoms with van der Waals surface area (Å²) in [4.78, 5) is 28.3. The number of aromatic nitrogens is 1. The van der Waals surface area contributed by atoms with Gasteiger partial charge in [0.1, 0.15) is 11.6 Å². The Labute approximate surface area is 104 Å². The third-order valence-electron chi connectivity index (χ3n) is 2.94. The molecule has 0 spiro atoms. The maximum absolute atomic E-state index is 12.2. The maximum atomic E-state index is 12.2. The van der Waals surface area contributed by atoms with Crippen molar-refractivity contribution in [2.75, 3.05) is 19.6 Å². The molecule has 1 aliphatic heterocycles. The average Bonchev–Trinajstić information content (AvgIpc) is 2.38. The van der Waals surface area contributed by atoms with E-state index in [-0.39, 0.29) is 16.9 Å². The number of rotatable bonds is 1. The average molecular weight is 246 g/mol. The lowest BCUT2D eigenvalue weighted by molar-refractivity contribution is 0.0685.